The molecule has 134 valence electrons. The molecule has 6 nitrogen and oxygen atoms in total. The third kappa shape index (κ3) is 3.75. The lowest BCUT2D eigenvalue weighted by molar-refractivity contribution is 0.418. The number of nitrogens with one attached hydrogen (secondary N) is 1. The summed E-state index contributed by atoms with van der Waals surface area (Å²) in [6.07, 6.45) is 9.99. The SMILES string of the molecule is Cc1ccccc1-n1cc(CN[C@@H]2CCCN(c3ncccn3)C2)cn1. The zero-order valence-corrected chi connectivity index (χ0v) is 15.0. The second-order valence-corrected chi connectivity index (χ2v) is 6.79. The molecule has 0 spiro atoms. The number of hydrogen-bond donors (Lipinski definition) is 1. The second kappa shape index (κ2) is 7.66. The van der Waals surface area contributed by atoms with Crippen LogP contribution in [0.1, 0.15) is 24.0 Å². The highest BCUT2D eigenvalue weighted by molar-refractivity contribution is 5.39. The summed E-state index contributed by atoms with van der Waals surface area (Å²) in [4.78, 5) is 11.0. The molecule has 0 amide bonds. The number of hydrogen-bond acceptors (Lipinski definition) is 5. The van der Waals surface area contributed by atoms with Crippen molar-refractivity contribution in [3.05, 3.63) is 66.2 Å². The number of aromatic nitrogens is 4. The summed E-state index contributed by atoms with van der Waals surface area (Å²) in [5, 5.41) is 8.19. The molecule has 1 aromatic carbocycles. The quantitative estimate of drug-likeness (QED) is 0.768. The third-order valence-electron chi connectivity index (χ3n) is 4.85. The molecule has 0 saturated carbocycles. The van der Waals surface area contributed by atoms with E-state index >= 15 is 0 Å². The van der Waals surface area contributed by atoms with Gasteiger partial charge in [0.25, 0.3) is 0 Å². The largest absolute Gasteiger partial charge is 0.339 e. The molecule has 1 fully saturated rings. The van der Waals surface area contributed by atoms with Gasteiger partial charge in [0.1, 0.15) is 0 Å². The van der Waals surface area contributed by atoms with Crippen molar-refractivity contribution >= 4 is 5.95 Å². The van der Waals surface area contributed by atoms with Crippen LogP contribution in [-0.4, -0.2) is 38.9 Å². The van der Waals surface area contributed by atoms with Gasteiger partial charge in [-0.3, -0.25) is 0 Å². The molecule has 0 unspecified atom stereocenters. The maximum Gasteiger partial charge on any atom is 0.225 e. The molecule has 1 atom stereocenters. The van der Waals surface area contributed by atoms with Crippen molar-refractivity contribution in [1.29, 1.82) is 0 Å². The van der Waals surface area contributed by atoms with E-state index in [1.165, 1.54) is 17.5 Å². The van der Waals surface area contributed by atoms with Crippen molar-refractivity contribution in [2.24, 2.45) is 0 Å². The zero-order chi connectivity index (χ0) is 17.8. The van der Waals surface area contributed by atoms with E-state index in [0.717, 1.165) is 37.7 Å². The summed E-state index contributed by atoms with van der Waals surface area (Å²) in [7, 11) is 0. The van der Waals surface area contributed by atoms with Crippen LogP contribution in [0.15, 0.2) is 55.1 Å². The van der Waals surface area contributed by atoms with Crippen LogP contribution in [0.3, 0.4) is 0 Å². The maximum absolute atomic E-state index is 4.52. The van der Waals surface area contributed by atoms with Gasteiger partial charge in [-0.25, -0.2) is 14.6 Å². The molecular formula is C20H24N6. The molecule has 6 heteroatoms. The molecule has 3 heterocycles. The molecule has 1 N–H and O–H groups in total. The lowest BCUT2D eigenvalue weighted by Gasteiger charge is -2.33. The van der Waals surface area contributed by atoms with E-state index in [1.54, 1.807) is 12.4 Å². The molecular weight excluding hydrogens is 324 g/mol. The lowest BCUT2D eigenvalue weighted by atomic mass is 10.1. The summed E-state index contributed by atoms with van der Waals surface area (Å²) in [5.74, 6) is 0.825. The maximum atomic E-state index is 4.52. The van der Waals surface area contributed by atoms with E-state index in [1.807, 2.05) is 23.0 Å². The summed E-state index contributed by atoms with van der Waals surface area (Å²) >= 11 is 0. The topological polar surface area (TPSA) is 58.9 Å². The van der Waals surface area contributed by atoms with Crippen LogP contribution in [0.2, 0.25) is 0 Å². The summed E-state index contributed by atoms with van der Waals surface area (Å²) in [6.45, 7) is 4.89. The smallest absolute Gasteiger partial charge is 0.225 e. The van der Waals surface area contributed by atoms with E-state index in [2.05, 4.69) is 56.6 Å². The lowest BCUT2D eigenvalue weighted by Crippen LogP contribution is -2.46. The Morgan fingerprint density at radius 2 is 2.00 bits per heavy atom. The molecule has 0 radical (unpaired) electrons. The number of rotatable bonds is 5. The zero-order valence-electron chi connectivity index (χ0n) is 15.0. The van der Waals surface area contributed by atoms with Gasteiger partial charge in [0, 0.05) is 49.8 Å². The van der Waals surface area contributed by atoms with Crippen molar-refractivity contribution in [3.8, 4) is 5.69 Å². The van der Waals surface area contributed by atoms with Gasteiger partial charge in [-0.1, -0.05) is 18.2 Å². The van der Waals surface area contributed by atoms with Crippen LogP contribution in [0.5, 0.6) is 0 Å². The predicted molar refractivity (Wildman–Crippen MR) is 102 cm³/mol. The van der Waals surface area contributed by atoms with Crippen LogP contribution in [-0.2, 0) is 6.54 Å². The van der Waals surface area contributed by atoms with Gasteiger partial charge < -0.3 is 10.2 Å². The van der Waals surface area contributed by atoms with Gasteiger partial charge in [0.05, 0.1) is 11.9 Å². The standard InChI is InChI=1S/C20H24N6/c1-16-6-2-3-8-19(16)26-14-17(13-24-26)12-23-18-7-4-11-25(15-18)20-21-9-5-10-22-20/h2-3,5-6,8-10,13-14,18,23H,4,7,11-12,15H2,1H3/t18-/m1/s1. The fourth-order valence-electron chi connectivity index (χ4n) is 3.45. The first-order valence-corrected chi connectivity index (χ1v) is 9.14. The average Bonchev–Trinajstić information content (AvgIpc) is 3.16. The number of anilines is 1. The van der Waals surface area contributed by atoms with Crippen LogP contribution in [0, 0.1) is 6.92 Å². The highest BCUT2D eigenvalue weighted by atomic mass is 15.3. The first-order valence-electron chi connectivity index (χ1n) is 9.14. The van der Waals surface area contributed by atoms with Crippen molar-refractivity contribution < 1.29 is 0 Å². The van der Waals surface area contributed by atoms with Gasteiger partial charge in [0.15, 0.2) is 0 Å². The number of benzene rings is 1. The van der Waals surface area contributed by atoms with Crippen molar-refractivity contribution in [3.63, 3.8) is 0 Å². The molecule has 1 aliphatic heterocycles. The minimum Gasteiger partial charge on any atom is -0.339 e. The highest BCUT2D eigenvalue weighted by Crippen LogP contribution is 2.16. The van der Waals surface area contributed by atoms with E-state index < -0.39 is 0 Å². The molecule has 2 aromatic heterocycles. The van der Waals surface area contributed by atoms with Crippen LogP contribution in [0.25, 0.3) is 5.69 Å². The summed E-state index contributed by atoms with van der Waals surface area (Å²) in [5.41, 5.74) is 3.55. The number of aryl methyl sites for hydroxylation is 1. The minimum atomic E-state index is 0.439. The number of piperidine rings is 1. The fraction of sp³-hybridized carbons (Fsp3) is 0.350. The number of nitrogens with zero attached hydrogens (tertiary/aromatic N) is 5. The number of para-hydroxylation sites is 1. The third-order valence-corrected chi connectivity index (χ3v) is 4.85. The minimum absolute atomic E-state index is 0.439. The normalized spacial score (nSPS) is 17.4. The van der Waals surface area contributed by atoms with Crippen molar-refractivity contribution in [2.45, 2.75) is 32.4 Å². The molecule has 1 saturated heterocycles. The molecule has 1 aliphatic rings. The average molecular weight is 348 g/mol. The van der Waals surface area contributed by atoms with Crippen molar-refractivity contribution in [1.82, 2.24) is 25.1 Å². The Morgan fingerprint density at radius 1 is 1.15 bits per heavy atom. The second-order valence-electron chi connectivity index (χ2n) is 6.79. The van der Waals surface area contributed by atoms with Gasteiger partial charge in [-0.2, -0.15) is 5.10 Å². The highest BCUT2D eigenvalue weighted by Gasteiger charge is 2.21. The van der Waals surface area contributed by atoms with Crippen LogP contribution in [0.4, 0.5) is 5.95 Å². The first kappa shape index (κ1) is 16.7. The Bertz CT molecular complexity index is 844. The summed E-state index contributed by atoms with van der Waals surface area (Å²) < 4.78 is 1.96. The fourth-order valence-corrected chi connectivity index (χ4v) is 3.45. The Labute approximate surface area is 153 Å². The Kier molecular flexibility index (Phi) is 4.93. The van der Waals surface area contributed by atoms with E-state index in [-0.39, 0.29) is 0 Å². The van der Waals surface area contributed by atoms with Gasteiger partial charge in [-0.05, 0) is 37.5 Å². The van der Waals surface area contributed by atoms with Gasteiger partial charge in [-0.15, -0.1) is 0 Å². The van der Waals surface area contributed by atoms with Gasteiger partial charge >= 0.3 is 0 Å². The van der Waals surface area contributed by atoms with Gasteiger partial charge in [0.2, 0.25) is 5.95 Å². The van der Waals surface area contributed by atoms with E-state index in [9.17, 15) is 0 Å². The van der Waals surface area contributed by atoms with E-state index in [4.69, 9.17) is 0 Å². The Hall–Kier alpha value is -2.73. The molecule has 26 heavy (non-hydrogen) atoms. The van der Waals surface area contributed by atoms with Crippen molar-refractivity contribution in [2.75, 3.05) is 18.0 Å². The van der Waals surface area contributed by atoms with E-state index in [0.29, 0.717) is 6.04 Å². The Morgan fingerprint density at radius 3 is 2.85 bits per heavy atom. The molecule has 0 bridgehead atoms. The Balaban J connectivity index is 1.36. The summed E-state index contributed by atoms with van der Waals surface area (Å²) in [6, 6.07) is 10.6. The monoisotopic (exact) mass is 348 g/mol. The van der Waals surface area contributed by atoms with Crippen LogP contribution < -0.4 is 10.2 Å². The molecule has 3 aromatic rings. The van der Waals surface area contributed by atoms with Crippen LogP contribution >= 0.6 is 0 Å². The predicted octanol–water partition coefficient (Wildman–Crippen LogP) is 2.73. The first-order chi connectivity index (χ1) is 12.8. The molecule has 0 aliphatic carbocycles. The molecule has 4 rings (SSSR count).